The molecular formula is C15H17ClN2O3S. The number of hydrogen-bond donors (Lipinski definition) is 1. The Labute approximate surface area is 136 Å². The molecular weight excluding hydrogens is 324 g/mol. The molecule has 1 atom stereocenters. The first-order chi connectivity index (χ1) is 10.5. The fraction of sp³-hybridized carbons (Fsp3) is 0.333. The first kappa shape index (κ1) is 16.7. The zero-order valence-corrected chi connectivity index (χ0v) is 13.7. The molecule has 0 unspecified atom stereocenters. The number of rotatable bonds is 7. The third-order valence-electron chi connectivity index (χ3n) is 2.92. The summed E-state index contributed by atoms with van der Waals surface area (Å²) < 4.78 is 16.3. The molecule has 0 saturated heterocycles. The van der Waals surface area contributed by atoms with Gasteiger partial charge in [0, 0.05) is 39.9 Å². The highest BCUT2D eigenvalue weighted by Gasteiger charge is 2.10. The van der Waals surface area contributed by atoms with Gasteiger partial charge in [0.15, 0.2) is 0 Å². The summed E-state index contributed by atoms with van der Waals surface area (Å²) in [5, 5.41) is 3.41. The van der Waals surface area contributed by atoms with Gasteiger partial charge in [0.05, 0.1) is 12.1 Å². The Morgan fingerprint density at radius 2 is 2.09 bits per heavy atom. The molecule has 1 N–H and O–H groups in total. The number of benzene rings is 1. The number of nitrogens with one attached hydrogen (secondary N) is 1. The average molecular weight is 341 g/mol. The van der Waals surface area contributed by atoms with Crippen LogP contribution in [0.1, 0.15) is 12.1 Å². The number of nitrogens with zero attached hydrogens (tertiary/aromatic N) is 1. The van der Waals surface area contributed by atoms with Crippen LogP contribution in [-0.2, 0) is 22.0 Å². The Morgan fingerprint density at radius 3 is 2.77 bits per heavy atom. The van der Waals surface area contributed by atoms with E-state index >= 15 is 0 Å². The molecule has 1 aromatic carbocycles. The molecule has 1 heterocycles. The fourth-order valence-electron chi connectivity index (χ4n) is 1.84. The molecule has 5 nitrogen and oxygen atoms in total. The lowest BCUT2D eigenvalue weighted by Gasteiger charge is -2.02. The zero-order valence-electron chi connectivity index (χ0n) is 12.2. The maximum Gasteiger partial charge on any atom is 0.226 e. The summed E-state index contributed by atoms with van der Waals surface area (Å²) in [6.45, 7) is 0.514. The molecule has 1 aromatic heterocycles. The van der Waals surface area contributed by atoms with Gasteiger partial charge in [-0.3, -0.25) is 9.00 Å². The van der Waals surface area contributed by atoms with Crippen LogP contribution in [0.3, 0.4) is 0 Å². The molecule has 0 bridgehead atoms. The van der Waals surface area contributed by atoms with Crippen molar-refractivity contribution in [1.29, 1.82) is 0 Å². The monoisotopic (exact) mass is 340 g/mol. The van der Waals surface area contributed by atoms with Crippen LogP contribution in [-0.4, -0.2) is 33.7 Å². The number of halogens is 1. The van der Waals surface area contributed by atoms with E-state index in [-0.39, 0.29) is 12.3 Å². The van der Waals surface area contributed by atoms with Crippen molar-refractivity contribution in [2.45, 2.75) is 12.8 Å². The molecule has 1 amide bonds. The van der Waals surface area contributed by atoms with Crippen molar-refractivity contribution in [1.82, 2.24) is 10.3 Å². The summed E-state index contributed by atoms with van der Waals surface area (Å²) >= 11 is 5.83. The predicted molar refractivity (Wildman–Crippen MR) is 87.2 cm³/mol. The van der Waals surface area contributed by atoms with Crippen LogP contribution >= 0.6 is 11.6 Å². The Bertz CT molecular complexity index is 655. The highest BCUT2D eigenvalue weighted by atomic mass is 35.5. The van der Waals surface area contributed by atoms with Gasteiger partial charge in [-0.15, -0.1) is 0 Å². The summed E-state index contributed by atoms with van der Waals surface area (Å²) in [6, 6.07) is 7.13. The van der Waals surface area contributed by atoms with Crippen LogP contribution in [0.4, 0.5) is 0 Å². The van der Waals surface area contributed by atoms with Gasteiger partial charge in [-0.05, 0) is 30.7 Å². The summed E-state index contributed by atoms with van der Waals surface area (Å²) in [7, 11) is -0.826. The van der Waals surface area contributed by atoms with Crippen LogP contribution in [0.25, 0.3) is 11.5 Å². The molecule has 0 aliphatic heterocycles. The molecule has 118 valence electrons. The molecule has 0 saturated carbocycles. The van der Waals surface area contributed by atoms with Crippen molar-refractivity contribution in [2.75, 3.05) is 18.6 Å². The number of oxazole rings is 1. The second-order valence-electron chi connectivity index (χ2n) is 4.81. The topological polar surface area (TPSA) is 72.2 Å². The van der Waals surface area contributed by atoms with Gasteiger partial charge in [-0.2, -0.15) is 0 Å². The van der Waals surface area contributed by atoms with Crippen LogP contribution in [0, 0.1) is 0 Å². The highest BCUT2D eigenvalue weighted by molar-refractivity contribution is 7.84. The highest BCUT2D eigenvalue weighted by Crippen LogP contribution is 2.20. The van der Waals surface area contributed by atoms with E-state index < -0.39 is 10.8 Å². The molecule has 22 heavy (non-hydrogen) atoms. The maximum atomic E-state index is 11.8. The number of hydrogen-bond acceptors (Lipinski definition) is 4. The molecule has 2 rings (SSSR count). The number of aromatic nitrogens is 1. The van der Waals surface area contributed by atoms with Crippen molar-refractivity contribution in [3.05, 3.63) is 41.2 Å². The minimum Gasteiger partial charge on any atom is -0.444 e. The van der Waals surface area contributed by atoms with Crippen LogP contribution in [0.5, 0.6) is 0 Å². The summed E-state index contributed by atoms with van der Waals surface area (Å²) in [5.74, 6) is 0.920. The minimum absolute atomic E-state index is 0.127. The number of carbonyl (C=O) groups excluding carboxylic acids is 1. The zero-order chi connectivity index (χ0) is 15.9. The van der Waals surface area contributed by atoms with Gasteiger partial charge in [0.1, 0.15) is 6.26 Å². The van der Waals surface area contributed by atoms with E-state index in [0.717, 1.165) is 5.56 Å². The standard InChI is InChI=1S/C15H17ClN2O3S/c1-22(20)8-2-7-17-14(19)9-13-10-21-15(18-13)11-3-5-12(16)6-4-11/h3-6,10H,2,7-9H2,1H3,(H,17,19)/t22-/m1/s1. The molecule has 0 fully saturated rings. The second kappa shape index (κ2) is 8.10. The van der Waals surface area contributed by atoms with E-state index in [1.165, 1.54) is 6.26 Å². The van der Waals surface area contributed by atoms with Crippen LogP contribution in [0.2, 0.25) is 5.02 Å². The molecule has 0 aliphatic rings. The third-order valence-corrected chi connectivity index (χ3v) is 4.03. The van der Waals surface area contributed by atoms with Crippen molar-refractivity contribution < 1.29 is 13.4 Å². The van der Waals surface area contributed by atoms with E-state index in [4.69, 9.17) is 16.0 Å². The van der Waals surface area contributed by atoms with Crippen LogP contribution < -0.4 is 5.32 Å². The van der Waals surface area contributed by atoms with E-state index in [9.17, 15) is 9.00 Å². The van der Waals surface area contributed by atoms with Gasteiger partial charge in [-0.1, -0.05) is 11.6 Å². The van der Waals surface area contributed by atoms with E-state index in [2.05, 4.69) is 10.3 Å². The largest absolute Gasteiger partial charge is 0.444 e. The van der Waals surface area contributed by atoms with Crippen molar-refractivity contribution in [3.63, 3.8) is 0 Å². The van der Waals surface area contributed by atoms with Gasteiger partial charge < -0.3 is 9.73 Å². The Hall–Kier alpha value is -1.66. The second-order valence-corrected chi connectivity index (χ2v) is 6.80. The van der Waals surface area contributed by atoms with Gasteiger partial charge in [-0.25, -0.2) is 4.98 Å². The fourth-order valence-corrected chi connectivity index (χ4v) is 2.52. The van der Waals surface area contributed by atoms with Gasteiger partial charge in [0.2, 0.25) is 11.8 Å². The Kier molecular flexibility index (Phi) is 6.15. The minimum atomic E-state index is -0.826. The molecule has 7 heteroatoms. The quantitative estimate of drug-likeness (QED) is 0.786. The van der Waals surface area contributed by atoms with Crippen molar-refractivity contribution >= 4 is 28.3 Å². The molecule has 0 radical (unpaired) electrons. The Balaban J connectivity index is 1.85. The smallest absolute Gasteiger partial charge is 0.226 e. The normalized spacial score (nSPS) is 12.1. The predicted octanol–water partition coefficient (Wildman–Crippen LogP) is 2.42. The van der Waals surface area contributed by atoms with Crippen molar-refractivity contribution in [3.8, 4) is 11.5 Å². The summed E-state index contributed by atoms with van der Waals surface area (Å²) in [6.07, 6.45) is 3.98. The number of carbonyl (C=O) groups is 1. The molecule has 2 aromatic rings. The average Bonchev–Trinajstić information content (AvgIpc) is 2.92. The number of amides is 1. The van der Waals surface area contributed by atoms with Crippen LogP contribution in [0.15, 0.2) is 34.9 Å². The SMILES string of the molecule is C[S@@](=O)CCCNC(=O)Cc1coc(-c2ccc(Cl)cc2)n1. The van der Waals surface area contributed by atoms with E-state index in [0.29, 0.717) is 35.3 Å². The third kappa shape index (κ3) is 5.27. The van der Waals surface area contributed by atoms with Crippen molar-refractivity contribution in [2.24, 2.45) is 0 Å². The lowest BCUT2D eigenvalue weighted by molar-refractivity contribution is -0.120. The lowest BCUT2D eigenvalue weighted by atomic mass is 10.2. The summed E-state index contributed by atoms with van der Waals surface area (Å²) in [5.41, 5.74) is 1.38. The van der Waals surface area contributed by atoms with E-state index in [1.807, 2.05) is 12.1 Å². The van der Waals surface area contributed by atoms with Gasteiger partial charge in [0.25, 0.3) is 0 Å². The molecule has 0 spiro atoms. The van der Waals surface area contributed by atoms with E-state index in [1.54, 1.807) is 18.4 Å². The van der Waals surface area contributed by atoms with Gasteiger partial charge >= 0.3 is 0 Å². The first-order valence-electron chi connectivity index (χ1n) is 6.81. The lowest BCUT2D eigenvalue weighted by Crippen LogP contribution is -2.27. The summed E-state index contributed by atoms with van der Waals surface area (Å²) in [4.78, 5) is 16.0. The molecule has 0 aliphatic carbocycles. The maximum absolute atomic E-state index is 11.8. The Morgan fingerprint density at radius 1 is 1.36 bits per heavy atom. The first-order valence-corrected chi connectivity index (χ1v) is 8.92.